The normalized spacial score (nSPS) is 19.1. The van der Waals surface area contributed by atoms with Crippen molar-refractivity contribution >= 4 is 0 Å². The van der Waals surface area contributed by atoms with Crippen molar-refractivity contribution in [3.05, 3.63) is 29.6 Å². The summed E-state index contributed by atoms with van der Waals surface area (Å²) in [7, 11) is 0. The first-order chi connectivity index (χ1) is 6.12. The van der Waals surface area contributed by atoms with Crippen molar-refractivity contribution in [2.75, 3.05) is 0 Å². The summed E-state index contributed by atoms with van der Waals surface area (Å²) in [5.41, 5.74) is 2.93. The van der Waals surface area contributed by atoms with Gasteiger partial charge in [-0.05, 0) is 30.9 Å². The van der Waals surface area contributed by atoms with Crippen LogP contribution in [0.3, 0.4) is 0 Å². The minimum atomic E-state index is 0.408. The molecule has 13 heavy (non-hydrogen) atoms. The van der Waals surface area contributed by atoms with Gasteiger partial charge in [-0.2, -0.15) is 0 Å². The Bertz CT molecular complexity index is 311. The van der Waals surface area contributed by atoms with Crippen molar-refractivity contribution < 1.29 is 0 Å². The molecule has 70 valence electrons. The first-order valence-corrected chi connectivity index (χ1v) is 5.09. The van der Waals surface area contributed by atoms with Gasteiger partial charge in [0.25, 0.3) is 0 Å². The standard InChI is InChI=1S/C12H17N/c1-9(2)10-5-4-6-11(13-10)12(3)7-8-12/h4-6,9H,7-8H2,1-3H3. The second kappa shape index (κ2) is 2.83. The SMILES string of the molecule is CC(C)c1cccc(C2(C)CC2)n1. The monoisotopic (exact) mass is 175 g/mol. The average Bonchev–Trinajstić information content (AvgIpc) is 2.85. The van der Waals surface area contributed by atoms with Crippen LogP contribution >= 0.6 is 0 Å². The molecule has 0 amide bonds. The van der Waals surface area contributed by atoms with Crippen molar-refractivity contribution in [3.63, 3.8) is 0 Å². The van der Waals surface area contributed by atoms with Crippen LogP contribution in [0, 0.1) is 0 Å². The van der Waals surface area contributed by atoms with Gasteiger partial charge in [0.05, 0.1) is 0 Å². The van der Waals surface area contributed by atoms with E-state index in [0.717, 1.165) is 0 Å². The Balaban J connectivity index is 2.33. The quantitative estimate of drug-likeness (QED) is 0.672. The van der Waals surface area contributed by atoms with E-state index < -0.39 is 0 Å². The van der Waals surface area contributed by atoms with Crippen molar-refractivity contribution in [2.24, 2.45) is 0 Å². The fraction of sp³-hybridized carbons (Fsp3) is 0.583. The van der Waals surface area contributed by atoms with Crippen LogP contribution in [-0.2, 0) is 5.41 Å². The molecule has 2 rings (SSSR count). The predicted octanol–water partition coefficient (Wildman–Crippen LogP) is 3.26. The van der Waals surface area contributed by atoms with Crippen molar-refractivity contribution in [2.45, 2.75) is 44.9 Å². The maximum absolute atomic E-state index is 4.71. The summed E-state index contributed by atoms with van der Waals surface area (Å²) in [4.78, 5) is 4.71. The van der Waals surface area contributed by atoms with Gasteiger partial charge in [-0.15, -0.1) is 0 Å². The van der Waals surface area contributed by atoms with Crippen LogP contribution in [0.2, 0.25) is 0 Å². The number of hydrogen-bond donors (Lipinski definition) is 0. The summed E-state index contributed by atoms with van der Waals surface area (Å²) in [6, 6.07) is 6.43. The smallest absolute Gasteiger partial charge is 0.0466 e. The van der Waals surface area contributed by atoms with E-state index in [2.05, 4.69) is 39.0 Å². The van der Waals surface area contributed by atoms with E-state index in [1.807, 2.05) is 0 Å². The second-order valence-corrected chi connectivity index (χ2v) is 4.66. The van der Waals surface area contributed by atoms with E-state index in [9.17, 15) is 0 Å². The molecule has 1 aliphatic rings. The lowest BCUT2D eigenvalue weighted by atomic mass is 10.0. The molecule has 0 atom stereocenters. The van der Waals surface area contributed by atoms with Crippen molar-refractivity contribution in [1.29, 1.82) is 0 Å². The highest BCUT2D eigenvalue weighted by Gasteiger charge is 2.40. The van der Waals surface area contributed by atoms with E-state index in [-0.39, 0.29) is 0 Å². The molecule has 0 radical (unpaired) electrons. The molecule has 0 aliphatic heterocycles. The number of hydrogen-bond acceptors (Lipinski definition) is 1. The number of pyridine rings is 1. The molecule has 0 unspecified atom stereocenters. The Labute approximate surface area is 80.2 Å². The molecule has 1 heterocycles. The van der Waals surface area contributed by atoms with Crippen LogP contribution < -0.4 is 0 Å². The maximum atomic E-state index is 4.71. The fourth-order valence-electron chi connectivity index (χ4n) is 1.55. The largest absolute Gasteiger partial charge is 0.257 e. The number of rotatable bonds is 2. The fourth-order valence-corrected chi connectivity index (χ4v) is 1.55. The third-order valence-corrected chi connectivity index (χ3v) is 2.98. The predicted molar refractivity (Wildman–Crippen MR) is 54.9 cm³/mol. The lowest BCUT2D eigenvalue weighted by molar-refractivity contribution is 0.720. The molecule has 0 saturated heterocycles. The second-order valence-electron chi connectivity index (χ2n) is 4.66. The van der Waals surface area contributed by atoms with Crippen LogP contribution in [0.25, 0.3) is 0 Å². The minimum absolute atomic E-state index is 0.408. The molecule has 0 N–H and O–H groups in total. The van der Waals surface area contributed by atoms with Gasteiger partial charge in [0.2, 0.25) is 0 Å². The molecular formula is C12H17N. The van der Waals surface area contributed by atoms with Gasteiger partial charge in [-0.3, -0.25) is 4.98 Å². The zero-order valence-electron chi connectivity index (χ0n) is 8.67. The van der Waals surface area contributed by atoms with Crippen LogP contribution in [0.5, 0.6) is 0 Å². The van der Waals surface area contributed by atoms with Crippen LogP contribution in [-0.4, -0.2) is 4.98 Å². The summed E-state index contributed by atoms with van der Waals surface area (Å²) >= 11 is 0. The van der Waals surface area contributed by atoms with Crippen LogP contribution in [0.4, 0.5) is 0 Å². The molecular weight excluding hydrogens is 158 g/mol. The highest BCUT2D eigenvalue weighted by Crippen LogP contribution is 2.46. The molecule has 0 aromatic carbocycles. The molecule has 1 aromatic heterocycles. The molecule has 1 aliphatic carbocycles. The Hall–Kier alpha value is -0.850. The van der Waals surface area contributed by atoms with Crippen LogP contribution in [0.15, 0.2) is 18.2 Å². The summed E-state index contributed by atoms with van der Waals surface area (Å²) in [5.74, 6) is 0.544. The van der Waals surface area contributed by atoms with Crippen molar-refractivity contribution in [3.8, 4) is 0 Å². The minimum Gasteiger partial charge on any atom is -0.257 e. The van der Waals surface area contributed by atoms with Crippen LogP contribution in [0.1, 0.15) is 50.9 Å². The lowest BCUT2D eigenvalue weighted by Crippen LogP contribution is -2.05. The molecule has 1 nitrogen and oxygen atoms in total. The molecule has 1 aromatic rings. The maximum Gasteiger partial charge on any atom is 0.0466 e. The third-order valence-electron chi connectivity index (χ3n) is 2.98. The summed E-state index contributed by atoms with van der Waals surface area (Å²) in [6.07, 6.45) is 2.61. The van der Waals surface area contributed by atoms with Gasteiger partial charge in [0, 0.05) is 16.8 Å². The van der Waals surface area contributed by atoms with Gasteiger partial charge in [-0.1, -0.05) is 26.8 Å². The number of nitrogens with zero attached hydrogens (tertiary/aromatic N) is 1. The van der Waals surface area contributed by atoms with Gasteiger partial charge in [0.15, 0.2) is 0 Å². The summed E-state index contributed by atoms with van der Waals surface area (Å²) in [6.45, 7) is 6.70. The molecule has 1 saturated carbocycles. The van der Waals surface area contributed by atoms with Crippen molar-refractivity contribution in [1.82, 2.24) is 4.98 Å². The van der Waals surface area contributed by atoms with Gasteiger partial charge < -0.3 is 0 Å². The van der Waals surface area contributed by atoms with Gasteiger partial charge >= 0.3 is 0 Å². The van der Waals surface area contributed by atoms with Gasteiger partial charge in [0.1, 0.15) is 0 Å². The van der Waals surface area contributed by atoms with Gasteiger partial charge in [-0.25, -0.2) is 0 Å². The first kappa shape index (κ1) is 8.74. The summed E-state index contributed by atoms with van der Waals surface area (Å²) < 4.78 is 0. The average molecular weight is 175 g/mol. The molecule has 1 heteroatoms. The van der Waals surface area contributed by atoms with E-state index in [1.165, 1.54) is 24.2 Å². The Morgan fingerprint density at radius 3 is 2.54 bits per heavy atom. The zero-order valence-corrected chi connectivity index (χ0v) is 8.67. The zero-order chi connectivity index (χ0) is 9.47. The third kappa shape index (κ3) is 1.60. The topological polar surface area (TPSA) is 12.9 Å². The Morgan fingerprint density at radius 2 is 2.00 bits per heavy atom. The first-order valence-electron chi connectivity index (χ1n) is 5.09. The summed E-state index contributed by atoms with van der Waals surface area (Å²) in [5, 5.41) is 0. The Kier molecular flexibility index (Phi) is 1.90. The molecule has 1 fully saturated rings. The highest BCUT2D eigenvalue weighted by molar-refractivity contribution is 5.25. The lowest BCUT2D eigenvalue weighted by Gasteiger charge is -2.11. The van der Waals surface area contributed by atoms with E-state index in [1.54, 1.807) is 0 Å². The van der Waals surface area contributed by atoms with E-state index in [4.69, 9.17) is 4.98 Å². The van der Waals surface area contributed by atoms with E-state index >= 15 is 0 Å². The Morgan fingerprint density at radius 1 is 1.31 bits per heavy atom. The molecule has 0 spiro atoms. The highest BCUT2D eigenvalue weighted by atomic mass is 14.8. The number of aromatic nitrogens is 1. The molecule has 0 bridgehead atoms. The van der Waals surface area contributed by atoms with E-state index in [0.29, 0.717) is 11.3 Å².